The van der Waals surface area contributed by atoms with E-state index in [2.05, 4.69) is 5.43 Å². The molecule has 0 aromatic rings. The van der Waals surface area contributed by atoms with Crippen LogP contribution in [-0.4, -0.2) is 38.1 Å². The summed E-state index contributed by atoms with van der Waals surface area (Å²) < 4.78 is 16.9. The fourth-order valence-corrected chi connectivity index (χ4v) is 2.91. The average Bonchev–Trinajstić information content (AvgIpc) is 2.42. The monoisotopic (exact) mass is 256 g/mol. The van der Waals surface area contributed by atoms with Gasteiger partial charge in [-0.3, -0.25) is 11.3 Å². The van der Waals surface area contributed by atoms with Crippen LogP contribution in [0.15, 0.2) is 11.8 Å². The maximum atomic E-state index is 6.06. The molecule has 0 bridgehead atoms. The van der Waals surface area contributed by atoms with Crippen LogP contribution in [0.3, 0.4) is 0 Å². The van der Waals surface area contributed by atoms with E-state index in [-0.39, 0.29) is 11.6 Å². The van der Waals surface area contributed by atoms with Crippen LogP contribution in [0.25, 0.3) is 0 Å². The van der Waals surface area contributed by atoms with Crippen molar-refractivity contribution in [3.63, 3.8) is 0 Å². The number of ether oxygens (including phenoxy) is 3. The standard InChI is InChI=1S/C13H24N2O3/c1-2-18-13(5-8-16-9-6-13)12(15-14)11-4-3-7-17-10-11/h10,12,15H,2-9,14H2,1H3. The summed E-state index contributed by atoms with van der Waals surface area (Å²) in [6.07, 6.45) is 5.65. The molecular formula is C13H24N2O3. The highest BCUT2D eigenvalue weighted by Gasteiger charge is 2.42. The van der Waals surface area contributed by atoms with E-state index in [1.807, 2.05) is 13.2 Å². The Morgan fingerprint density at radius 1 is 1.44 bits per heavy atom. The number of hydrazine groups is 1. The second-order valence-electron chi connectivity index (χ2n) is 4.88. The van der Waals surface area contributed by atoms with Gasteiger partial charge in [0.15, 0.2) is 0 Å². The van der Waals surface area contributed by atoms with Crippen LogP contribution in [0.4, 0.5) is 0 Å². The molecule has 1 atom stereocenters. The molecule has 1 fully saturated rings. The molecule has 1 saturated heterocycles. The van der Waals surface area contributed by atoms with Gasteiger partial charge in [-0.25, -0.2) is 0 Å². The Hall–Kier alpha value is -0.620. The summed E-state index contributed by atoms with van der Waals surface area (Å²) in [7, 11) is 0. The Labute approximate surface area is 109 Å². The van der Waals surface area contributed by atoms with E-state index in [1.165, 1.54) is 5.57 Å². The zero-order valence-corrected chi connectivity index (χ0v) is 11.1. The van der Waals surface area contributed by atoms with Crippen molar-refractivity contribution in [2.24, 2.45) is 5.84 Å². The molecule has 5 nitrogen and oxygen atoms in total. The van der Waals surface area contributed by atoms with E-state index >= 15 is 0 Å². The van der Waals surface area contributed by atoms with Crippen LogP contribution >= 0.6 is 0 Å². The first-order chi connectivity index (χ1) is 8.82. The van der Waals surface area contributed by atoms with Gasteiger partial charge in [0.2, 0.25) is 0 Å². The van der Waals surface area contributed by atoms with Crippen molar-refractivity contribution in [1.82, 2.24) is 5.43 Å². The molecule has 104 valence electrons. The zero-order chi connectivity index (χ0) is 12.8. The number of hydrogen-bond donors (Lipinski definition) is 2. The van der Waals surface area contributed by atoms with E-state index in [9.17, 15) is 0 Å². The third-order valence-corrected chi connectivity index (χ3v) is 3.80. The molecule has 0 aromatic carbocycles. The van der Waals surface area contributed by atoms with Crippen molar-refractivity contribution < 1.29 is 14.2 Å². The molecule has 0 radical (unpaired) electrons. The van der Waals surface area contributed by atoms with Crippen LogP contribution in [-0.2, 0) is 14.2 Å². The topological polar surface area (TPSA) is 65.7 Å². The molecule has 2 heterocycles. The van der Waals surface area contributed by atoms with Crippen molar-refractivity contribution in [2.75, 3.05) is 26.4 Å². The minimum atomic E-state index is -0.256. The Morgan fingerprint density at radius 3 is 2.78 bits per heavy atom. The highest BCUT2D eigenvalue weighted by Crippen LogP contribution is 2.34. The van der Waals surface area contributed by atoms with E-state index in [0.717, 1.165) is 45.5 Å². The fraction of sp³-hybridized carbons (Fsp3) is 0.846. The van der Waals surface area contributed by atoms with Crippen molar-refractivity contribution >= 4 is 0 Å². The highest BCUT2D eigenvalue weighted by molar-refractivity contribution is 5.17. The normalized spacial score (nSPS) is 25.1. The summed E-state index contributed by atoms with van der Waals surface area (Å²) in [5.74, 6) is 5.78. The van der Waals surface area contributed by atoms with Crippen LogP contribution in [0.2, 0.25) is 0 Å². The van der Waals surface area contributed by atoms with Gasteiger partial charge in [-0.2, -0.15) is 0 Å². The largest absolute Gasteiger partial charge is 0.501 e. The molecule has 0 aliphatic carbocycles. The first-order valence-corrected chi connectivity index (χ1v) is 6.81. The molecule has 2 rings (SSSR count). The first kappa shape index (κ1) is 13.8. The van der Waals surface area contributed by atoms with Crippen molar-refractivity contribution in [2.45, 2.75) is 44.2 Å². The van der Waals surface area contributed by atoms with Gasteiger partial charge in [0, 0.05) is 32.7 Å². The molecule has 0 saturated carbocycles. The van der Waals surface area contributed by atoms with Gasteiger partial charge in [-0.15, -0.1) is 0 Å². The third kappa shape index (κ3) is 2.85. The summed E-state index contributed by atoms with van der Waals surface area (Å²) in [5, 5.41) is 0. The molecule has 0 spiro atoms. The van der Waals surface area contributed by atoms with E-state index in [1.54, 1.807) is 0 Å². The Bertz CT molecular complexity index is 282. The third-order valence-electron chi connectivity index (χ3n) is 3.80. The maximum Gasteiger partial charge on any atom is 0.0930 e. The van der Waals surface area contributed by atoms with Crippen molar-refractivity contribution in [1.29, 1.82) is 0 Å². The maximum absolute atomic E-state index is 6.06. The quantitative estimate of drug-likeness (QED) is 0.569. The predicted octanol–water partition coefficient (Wildman–Crippen LogP) is 1.10. The molecule has 18 heavy (non-hydrogen) atoms. The van der Waals surface area contributed by atoms with Gasteiger partial charge in [0.25, 0.3) is 0 Å². The van der Waals surface area contributed by atoms with E-state index in [0.29, 0.717) is 6.61 Å². The molecular weight excluding hydrogens is 232 g/mol. The fourth-order valence-electron chi connectivity index (χ4n) is 2.91. The lowest BCUT2D eigenvalue weighted by Crippen LogP contribution is -2.58. The van der Waals surface area contributed by atoms with Gasteiger partial charge in [0.1, 0.15) is 0 Å². The van der Waals surface area contributed by atoms with Crippen LogP contribution in [0, 0.1) is 0 Å². The number of hydrogen-bond acceptors (Lipinski definition) is 5. The summed E-state index contributed by atoms with van der Waals surface area (Å²) in [4.78, 5) is 0. The molecule has 0 aromatic heterocycles. The van der Waals surface area contributed by atoms with Gasteiger partial charge < -0.3 is 14.2 Å². The van der Waals surface area contributed by atoms with Crippen molar-refractivity contribution in [3.05, 3.63) is 11.8 Å². The second-order valence-corrected chi connectivity index (χ2v) is 4.88. The lowest BCUT2D eigenvalue weighted by Gasteiger charge is -2.44. The van der Waals surface area contributed by atoms with Gasteiger partial charge in [-0.05, 0) is 25.3 Å². The number of nitrogens with two attached hydrogens (primary N) is 1. The Balaban J connectivity index is 2.17. The molecule has 2 aliphatic heterocycles. The van der Waals surface area contributed by atoms with Crippen LogP contribution in [0.1, 0.15) is 32.6 Å². The molecule has 3 N–H and O–H groups in total. The lowest BCUT2D eigenvalue weighted by atomic mass is 9.81. The summed E-state index contributed by atoms with van der Waals surface area (Å²) in [5.41, 5.74) is 3.89. The summed E-state index contributed by atoms with van der Waals surface area (Å²) in [6, 6.07) is 0.0154. The number of rotatable bonds is 5. The lowest BCUT2D eigenvalue weighted by molar-refractivity contribution is -0.121. The van der Waals surface area contributed by atoms with Gasteiger partial charge >= 0.3 is 0 Å². The smallest absolute Gasteiger partial charge is 0.0930 e. The Kier molecular flexibility index (Phi) is 5.00. The molecule has 2 aliphatic rings. The highest BCUT2D eigenvalue weighted by atomic mass is 16.5. The van der Waals surface area contributed by atoms with Crippen molar-refractivity contribution in [3.8, 4) is 0 Å². The van der Waals surface area contributed by atoms with E-state index < -0.39 is 0 Å². The molecule has 5 heteroatoms. The van der Waals surface area contributed by atoms with Crippen LogP contribution < -0.4 is 11.3 Å². The van der Waals surface area contributed by atoms with Gasteiger partial charge in [-0.1, -0.05) is 0 Å². The Morgan fingerprint density at radius 2 is 2.22 bits per heavy atom. The SMILES string of the molecule is CCOC1(C(NN)C2=COCCC2)CCOCC1. The minimum absolute atomic E-state index is 0.0154. The summed E-state index contributed by atoms with van der Waals surface area (Å²) in [6.45, 7) is 4.97. The molecule has 1 unspecified atom stereocenters. The second kappa shape index (κ2) is 6.52. The minimum Gasteiger partial charge on any atom is -0.501 e. The summed E-state index contributed by atoms with van der Waals surface area (Å²) >= 11 is 0. The van der Waals surface area contributed by atoms with Gasteiger partial charge in [0.05, 0.1) is 24.5 Å². The van der Waals surface area contributed by atoms with E-state index in [4.69, 9.17) is 20.1 Å². The molecule has 0 amide bonds. The zero-order valence-electron chi connectivity index (χ0n) is 11.1. The number of nitrogens with one attached hydrogen (secondary N) is 1. The first-order valence-electron chi connectivity index (χ1n) is 6.81. The van der Waals surface area contributed by atoms with Crippen LogP contribution in [0.5, 0.6) is 0 Å². The average molecular weight is 256 g/mol. The predicted molar refractivity (Wildman–Crippen MR) is 68.8 cm³/mol.